The van der Waals surface area contributed by atoms with E-state index in [2.05, 4.69) is 5.32 Å². The number of nitrogens with one attached hydrogen (secondary N) is 1. The molecule has 2 N–H and O–H groups in total. The molecule has 23 nitrogen and oxygen atoms in total. The van der Waals surface area contributed by atoms with E-state index in [1.54, 1.807) is 84.9 Å². The molecule has 2 bridgehead atoms. The van der Waals surface area contributed by atoms with Crippen LogP contribution in [0.5, 0.6) is 23.0 Å². The van der Waals surface area contributed by atoms with Crippen LogP contribution < -0.4 is 19.5 Å². The topological polar surface area (TPSA) is 275 Å². The molecule has 0 unspecified atom stereocenters. The second-order valence-corrected chi connectivity index (χ2v) is 27.5. The molecule has 106 heavy (non-hydrogen) atoms. The zero-order valence-corrected chi connectivity index (χ0v) is 60.7. The Morgan fingerprint density at radius 2 is 1.27 bits per heavy atom. The number of hydrogen-bond donors (Lipinski definition) is 2. The number of likely N-dealkylation sites (N-methyl/N-ethyl adjacent to an activating group) is 3. The Balaban J connectivity index is 0.973. The Morgan fingerprint density at radius 1 is 0.642 bits per heavy atom. The number of ether oxygens (including phenoxy) is 6. The minimum atomic E-state index is -1.67. The highest BCUT2D eigenvalue weighted by Crippen LogP contribution is 2.45. The lowest BCUT2D eigenvalue weighted by molar-refractivity contribution is -0.166. The summed E-state index contributed by atoms with van der Waals surface area (Å²) in [5, 5.41) is 13.1. The van der Waals surface area contributed by atoms with Gasteiger partial charge >= 0.3 is 18.0 Å². The van der Waals surface area contributed by atoms with Gasteiger partial charge in [-0.3, -0.25) is 33.6 Å². The molecule has 0 radical (unpaired) electrons. The molecular weight excluding hydrogens is 1350 g/mol. The van der Waals surface area contributed by atoms with Gasteiger partial charge in [-0.25, -0.2) is 14.4 Å². The minimum absolute atomic E-state index is 0.0268. The first kappa shape index (κ1) is 77.0. The summed E-state index contributed by atoms with van der Waals surface area (Å²) >= 11 is 0. The van der Waals surface area contributed by atoms with Gasteiger partial charge in [-0.1, -0.05) is 146 Å². The van der Waals surface area contributed by atoms with Crippen LogP contribution in [0.25, 0.3) is 11.1 Å². The van der Waals surface area contributed by atoms with E-state index in [9.17, 15) is 43.5 Å². The average molecular weight is 1440 g/mol. The largest absolute Gasteiger partial charge is 0.508 e. The molecule has 7 aromatic rings. The molecule has 0 saturated carbocycles. The zero-order chi connectivity index (χ0) is 75.6. The number of esters is 2. The number of aryl methyl sites for hydroxylation is 1. The number of aromatic hydroxyl groups is 1. The van der Waals surface area contributed by atoms with Crippen molar-refractivity contribution in [1.82, 2.24) is 29.8 Å². The van der Waals surface area contributed by atoms with Gasteiger partial charge in [0.15, 0.2) is 23.9 Å². The minimum Gasteiger partial charge on any atom is -0.508 e. The molecule has 554 valence electrons. The highest BCUT2D eigenvalue weighted by atomic mass is 16.6. The summed E-state index contributed by atoms with van der Waals surface area (Å²) in [4.78, 5) is 152. The number of piperazine rings is 1. The molecule has 0 spiro atoms. The standard InChI is InChI=1S/C83H90N6O17/c1-83(2)53-105-76(94)31-18-19-40-85(3)79(97)67(44-55-23-12-9-13-24-55)84-74(92)50-86(4)78(96)59(43-54-21-10-8-11-22-54)48-70(91)68(45-56-32-36-60(90)37-33-56)87(5)75(93)52-103-61-26-20-25-58(47-61)71(38-34-57-35-39-72(101-6)73(46-57)102-7)106-81(99)69-49-88(41-42-89(69)80(98)77(83)95)82(100)104-51-66-64-29-16-14-27-62(64)63-28-15-17-30-65(63)66/h8-18,20-33,35-37,39,46-47,59,66-69,71,90H,19,34,38,40-45,48-53H2,1-7H3,(H,84,92)/t59-,67+,68-,69-,71+/m0/s1. The second kappa shape index (κ2) is 35.7. The van der Waals surface area contributed by atoms with Gasteiger partial charge in [0.2, 0.25) is 23.5 Å². The van der Waals surface area contributed by atoms with E-state index < -0.39 is 121 Å². The monoisotopic (exact) mass is 1440 g/mol. The van der Waals surface area contributed by atoms with Crippen LogP contribution in [0.1, 0.15) is 84.1 Å². The molecule has 1 saturated heterocycles. The van der Waals surface area contributed by atoms with E-state index in [1.165, 1.54) is 87.0 Å². The fourth-order valence-electron chi connectivity index (χ4n) is 13.5. The highest BCUT2D eigenvalue weighted by molar-refractivity contribution is 6.38. The molecule has 3 aliphatic rings. The summed E-state index contributed by atoms with van der Waals surface area (Å²) in [6.45, 7) is 0.231. The lowest BCUT2D eigenvalue weighted by atomic mass is 9.87. The van der Waals surface area contributed by atoms with Crippen LogP contribution in [-0.2, 0) is 83.0 Å². The van der Waals surface area contributed by atoms with Crippen molar-refractivity contribution in [2.75, 3.05) is 87.9 Å². The number of ketones is 2. The van der Waals surface area contributed by atoms with Crippen LogP contribution >= 0.6 is 0 Å². The van der Waals surface area contributed by atoms with Crippen LogP contribution in [0, 0.1) is 11.3 Å². The van der Waals surface area contributed by atoms with Crippen LogP contribution in [0.4, 0.5) is 4.79 Å². The Kier molecular flexibility index (Phi) is 25.9. The SMILES string of the molecule is COc1ccc(CC[C@H]2OC(=O)[C@@H]3CN(C(=O)OCC4c5ccccc5-c5ccccc54)CCN3C(=O)C(=O)C(C)(C)COC(=O)C=CCCN(C)C(=O)[C@@H](Cc3ccccc3)NC(=O)CN(C)C(=O)[C@@H](Cc3ccccc3)CC(=O)[C@H](Cc3ccc(O)cc3)N(C)C(=O)COc3cccc2c3)cc1OC. The van der Waals surface area contributed by atoms with Crippen molar-refractivity contribution in [3.8, 4) is 34.1 Å². The molecule has 5 atom stereocenters. The van der Waals surface area contributed by atoms with E-state index in [0.29, 0.717) is 22.6 Å². The zero-order valence-electron chi connectivity index (χ0n) is 60.7. The molecule has 1 fully saturated rings. The van der Waals surface area contributed by atoms with Crippen LogP contribution in [0.3, 0.4) is 0 Å². The lowest BCUT2D eigenvalue weighted by Crippen LogP contribution is -2.62. The van der Waals surface area contributed by atoms with Gasteiger partial charge in [-0.05, 0) is 132 Å². The Hall–Kier alpha value is -11.6. The predicted octanol–water partition coefficient (Wildman–Crippen LogP) is 9.10. The number of hydrogen-bond acceptors (Lipinski definition) is 17. The first-order valence-corrected chi connectivity index (χ1v) is 35.3. The first-order chi connectivity index (χ1) is 51.0. The number of Topliss-reactive ketones (excluding diaryl/α,β-unsaturated/α-hetero) is 2. The van der Waals surface area contributed by atoms with E-state index >= 15 is 9.59 Å². The van der Waals surface area contributed by atoms with Gasteiger partial charge < -0.3 is 63.3 Å². The Bertz CT molecular complexity index is 4310. The van der Waals surface area contributed by atoms with Crippen molar-refractivity contribution >= 4 is 59.1 Å². The second-order valence-electron chi connectivity index (χ2n) is 27.5. The quantitative estimate of drug-likeness (QED) is 0.0618. The molecule has 2 aliphatic heterocycles. The Labute approximate surface area is 616 Å². The van der Waals surface area contributed by atoms with E-state index in [0.717, 1.165) is 49.9 Å². The maximum Gasteiger partial charge on any atom is 0.409 e. The van der Waals surface area contributed by atoms with Crippen molar-refractivity contribution in [2.45, 2.75) is 88.9 Å². The van der Waals surface area contributed by atoms with Gasteiger partial charge in [0.05, 0.1) is 38.8 Å². The Morgan fingerprint density at radius 3 is 1.94 bits per heavy atom. The number of rotatable bonds is 13. The third-order valence-electron chi connectivity index (χ3n) is 19.5. The number of amides is 6. The normalized spacial score (nSPS) is 20.1. The van der Waals surface area contributed by atoms with Gasteiger partial charge in [0, 0.05) is 71.5 Å². The smallest absolute Gasteiger partial charge is 0.409 e. The number of phenolic OH excluding ortho intramolecular Hbond substituents is 1. The molecule has 10 rings (SSSR count). The number of benzene rings is 7. The number of carbonyl (C=O) groups excluding carboxylic acids is 10. The molecule has 7 aromatic carbocycles. The molecule has 0 aromatic heterocycles. The third kappa shape index (κ3) is 19.6. The summed E-state index contributed by atoms with van der Waals surface area (Å²) in [5.74, 6) is -7.13. The summed E-state index contributed by atoms with van der Waals surface area (Å²) in [6.07, 6.45) is 0.911. The van der Waals surface area contributed by atoms with E-state index in [-0.39, 0.29) is 88.6 Å². The van der Waals surface area contributed by atoms with Gasteiger partial charge in [-0.2, -0.15) is 0 Å². The number of phenols is 1. The van der Waals surface area contributed by atoms with Crippen molar-refractivity contribution in [3.05, 3.63) is 227 Å². The first-order valence-electron chi connectivity index (χ1n) is 35.3. The summed E-state index contributed by atoms with van der Waals surface area (Å²) in [6, 6.07) is 47.8. The molecule has 23 heteroatoms. The van der Waals surface area contributed by atoms with Gasteiger partial charge in [0.1, 0.15) is 42.9 Å². The average Bonchev–Trinajstić information content (AvgIpc) is 1.61. The van der Waals surface area contributed by atoms with Crippen LogP contribution in [0.15, 0.2) is 188 Å². The van der Waals surface area contributed by atoms with Crippen molar-refractivity contribution < 1.29 is 81.5 Å². The summed E-state index contributed by atoms with van der Waals surface area (Å²) in [5.41, 5.74) is 5.47. The number of cyclic esters (lactones) is 2. The lowest BCUT2D eigenvalue weighted by Gasteiger charge is -2.40. The molecule has 6 amide bonds. The van der Waals surface area contributed by atoms with E-state index in [1.807, 2.05) is 78.9 Å². The number of fused-ring (bicyclic) bond motifs is 6. The van der Waals surface area contributed by atoms with Crippen LogP contribution in [-0.4, -0.2) is 195 Å². The fourth-order valence-corrected chi connectivity index (χ4v) is 13.5. The summed E-state index contributed by atoms with van der Waals surface area (Å²) in [7, 11) is 7.43. The maximum absolute atomic E-state index is 15.4. The van der Waals surface area contributed by atoms with E-state index in [4.69, 9.17) is 28.4 Å². The highest BCUT2D eigenvalue weighted by Gasteiger charge is 2.46. The van der Waals surface area contributed by atoms with Crippen molar-refractivity contribution in [1.29, 1.82) is 0 Å². The molecular formula is C83H90N6O17. The maximum atomic E-state index is 15.4. The predicted molar refractivity (Wildman–Crippen MR) is 393 cm³/mol. The number of nitrogens with zero attached hydrogens (tertiary/aromatic N) is 5. The molecule has 1 aliphatic carbocycles. The fraction of sp³-hybridized carbons (Fsp3) is 0.349. The number of carbonyl (C=O) groups is 10. The number of methoxy groups -OCH3 is 2. The van der Waals surface area contributed by atoms with Gasteiger partial charge in [-0.15, -0.1) is 0 Å². The molecule has 2 heterocycles. The van der Waals surface area contributed by atoms with Crippen molar-refractivity contribution in [2.24, 2.45) is 11.3 Å². The van der Waals surface area contributed by atoms with Crippen LogP contribution in [0.2, 0.25) is 0 Å². The van der Waals surface area contributed by atoms with Gasteiger partial charge in [0.25, 0.3) is 11.8 Å². The summed E-state index contributed by atoms with van der Waals surface area (Å²) < 4.78 is 35.6. The third-order valence-corrected chi connectivity index (χ3v) is 19.5. The van der Waals surface area contributed by atoms with Crippen molar-refractivity contribution in [3.63, 3.8) is 0 Å².